The Hall–Kier alpha value is -7.35. The molecule has 0 spiro atoms. The first-order valence-electron chi connectivity index (χ1n) is 18.4. The quantitative estimate of drug-likeness (QED) is 0.162. The standard InChI is InChI=1S/C49H30N4O2S/c1-2-8-35-29-37(14-13-31(35)7-1)48-51-42-28-21-36(30-45(42)55-48)32-15-22-38(23-16-32)53(39-24-17-33(18-25-39)47-50-41-9-3-5-11-44(41)54-47)40-26-19-34(20-27-40)49-52-43-10-4-6-12-46(43)56-49/h1-30H. The van der Waals surface area contributed by atoms with Gasteiger partial charge < -0.3 is 13.7 Å². The van der Waals surface area contributed by atoms with Gasteiger partial charge in [-0.3, -0.25) is 0 Å². The third-order valence-electron chi connectivity index (χ3n) is 10.2. The SMILES string of the molecule is c1ccc2cc(-c3nc4ccc(-c5ccc(N(c6ccc(-c7nc8ccccc8o7)cc6)c6ccc(-c7nc8ccccc8s7)cc6)cc5)cc4o3)ccc2c1. The second kappa shape index (κ2) is 13.2. The zero-order valence-corrected chi connectivity index (χ0v) is 30.7. The molecule has 0 atom stereocenters. The minimum atomic E-state index is 0.599. The number of anilines is 3. The van der Waals surface area contributed by atoms with E-state index in [4.69, 9.17) is 23.8 Å². The topological polar surface area (TPSA) is 68.2 Å². The third kappa shape index (κ3) is 5.78. The lowest BCUT2D eigenvalue weighted by Crippen LogP contribution is -2.09. The molecule has 0 saturated heterocycles. The van der Waals surface area contributed by atoms with Crippen LogP contribution >= 0.6 is 11.3 Å². The number of aromatic nitrogens is 3. The molecule has 0 aliphatic heterocycles. The summed E-state index contributed by atoms with van der Waals surface area (Å²) in [4.78, 5) is 16.7. The van der Waals surface area contributed by atoms with Crippen molar-refractivity contribution in [3.05, 3.63) is 182 Å². The molecule has 0 N–H and O–H groups in total. The van der Waals surface area contributed by atoms with Crippen molar-refractivity contribution >= 4 is 71.6 Å². The van der Waals surface area contributed by atoms with Gasteiger partial charge in [0.05, 0.1) is 10.2 Å². The molecule has 0 radical (unpaired) electrons. The maximum absolute atomic E-state index is 6.33. The Morgan fingerprint density at radius 1 is 0.375 bits per heavy atom. The molecule has 7 heteroatoms. The second-order valence-corrected chi connectivity index (χ2v) is 14.7. The van der Waals surface area contributed by atoms with Crippen LogP contribution in [0.2, 0.25) is 0 Å². The van der Waals surface area contributed by atoms with Crippen LogP contribution in [0.3, 0.4) is 0 Å². The highest BCUT2D eigenvalue weighted by Crippen LogP contribution is 2.39. The normalized spacial score (nSPS) is 11.6. The molecule has 0 fully saturated rings. The highest BCUT2D eigenvalue weighted by atomic mass is 32.1. The van der Waals surface area contributed by atoms with Gasteiger partial charge in [0.25, 0.3) is 0 Å². The zero-order valence-electron chi connectivity index (χ0n) is 29.8. The average Bonchev–Trinajstić information content (AvgIpc) is 4.01. The Morgan fingerprint density at radius 3 is 1.66 bits per heavy atom. The van der Waals surface area contributed by atoms with Gasteiger partial charge in [0.1, 0.15) is 16.0 Å². The first-order valence-corrected chi connectivity index (χ1v) is 19.2. The molecule has 0 bridgehead atoms. The van der Waals surface area contributed by atoms with Crippen molar-refractivity contribution in [1.82, 2.24) is 15.0 Å². The number of hydrogen-bond acceptors (Lipinski definition) is 7. The molecule has 3 heterocycles. The highest BCUT2D eigenvalue weighted by molar-refractivity contribution is 7.21. The second-order valence-electron chi connectivity index (χ2n) is 13.7. The van der Waals surface area contributed by atoms with E-state index >= 15 is 0 Å². The molecule has 0 unspecified atom stereocenters. The Kier molecular flexibility index (Phi) is 7.57. The Labute approximate surface area is 325 Å². The van der Waals surface area contributed by atoms with Crippen molar-refractivity contribution in [2.45, 2.75) is 0 Å². The van der Waals surface area contributed by atoms with Crippen molar-refractivity contribution in [2.75, 3.05) is 4.90 Å². The van der Waals surface area contributed by atoms with Crippen molar-refractivity contribution in [2.24, 2.45) is 0 Å². The van der Waals surface area contributed by atoms with Crippen LogP contribution in [-0.2, 0) is 0 Å². The fourth-order valence-corrected chi connectivity index (χ4v) is 8.27. The summed E-state index contributed by atoms with van der Waals surface area (Å²) < 4.78 is 13.6. The Balaban J connectivity index is 0.931. The maximum atomic E-state index is 6.33. The van der Waals surface area contributed by atoms with Crippen LogP contribution in [0.1, 0.15) is 0 Å². The van der Waals surface area contributed by atoms with Gasteiger partial charge in [-0.15, -0.1) is 11.3 Å². The molecular weight excluding hydrogens is 709 g/mol. The van der Waals surface area contributed by atoms with Crippen LogP contribution in [0.5, 0.6) is 0 Å². The lowest BCUT2D eigenvalue weighted by molar-refractivity contribution is 0.619. The lowest BCUT2D eigenvalue weighted by Gasteiger charge is -2.26. The molecule has 3 aromatic heterocycles. The largest absolute Gasteiger partial charge is 0.436 e. The van der Waals surface area contributed by atoms with E-state index in [9.17, 15) is 0 Å². The molecule has 0 amide bonds. The molecule has 0 aliphatic rings. The first kappa shape index (κ1) is 32.1. The Bertz CT molecular complexity index is 3010. The van der Waals surface area contributed by atoms with Crippen LogP contribution < -0.4 is 4.90 Å². The summed E-state index contributed by atoms with van der Waals surface area (Å²) >= 11 is 1.71. The van der Waals surface area contributed by atoms with Crippen molar-refractivity contribution in [1.29, 1.82) is 0 Å². The van der Waals surface area contributed by atoms with E-state index in [1.807, 2.05) is 42.5 Å². The van der Waals surface area contributed by atoms with Crippen LogP contribution in [0.25, 0.3) is 87.8 Å². The molecule has 11 aromatic rings. The Morgan fingerprint density at radius 2 is 0.929 bits per heavy atom. The smallest absolute Gasteiger partial charge is 0.227 e. The molecule has 6 nitrogen and oxygen atoms in total. The van der Waals surface area contributed by atoms with Gasteiger partial charge >= 0.3 is 0 Å². The van der Waals surface area contributed by atoms with E-state index in [0.717, 1.165) is 83.0 Å². The molecule has 11 rings (SSSR count). The van der Waals surface area contributed by atoms with E-state index in [2.05, 4.69) is 144 Å². The van der Waals surface area contributed by atoms with Crippen molar-refractivity contribution < 1.29 is 8.83 Å². The van der Waals surface area contributed by atoms with Gasteiger partial charge in [0, 0.05) is 33.8 Å². The minimum absolute atomic E-state index is 0.599. The fourth-order valence-electron chi connectivity index (χ4n) is 7.30. The summed E-state index contributed by atoms with van der Waals surface area (Å²) in [6.07, 6.45) is 0. The van der Waals surface area contributed by atoms with Crippen LogP contribution in [0.4, 0.5) is 17.1 Å². The summed E-state index contributed by atoms with van der Waals surface area (Å²) in [5, 5.41) is 3.35. The van der Waals surface area contributed by atoms with E-state index in [-0.39, 0.29) is 0 Å². The molecule has 8 aromatic carbocycles. The van der Waals surface area contributed by atoms with Gasteiger partial charge in [-0.2, -0.15) is 0 Å². The first-order chi connectivity index (χ1) is 27.7. The number of hydrogen-bond donors (Lipinski definition) is 0. The molecule has 56 heavy (non-hydrogen) atoms. The summed E-state index contributed by atoms with van der Waals surface area (Å²) in [5.74, 6) is 1.21. The van der Waals surface area contributed by atoms with Gasteiger partial charge in [0.15, 0.2) is 11.2 Å². The van der Waals surface area contributed by atoms with Crippen LogP contribution in [-0.4, -0.2) is 15.0 Å². The van der Waals surface area contributed by atoms with Crippen LogP contribution in [0.15, 0.2) is 191 Å². The maximum Gasteiger partial charge on any atom is 0.227 e. The number of para-hydroxylation sites is 3. The van der Waals surface area contributed by atoms with E-state index in [1.54, 1.807) is 11.3 Å². The summed E-state index contributed by atoms with van der Waals surface area (Å²) in [5.41, 5.74) is 12.4. The van der Waals surface area contributed by atoms with Crippen molar-refractivity contribution in [3.8, 4) is 44.6 Å². The minimum Gasteiger partial charge on any atom is -0.436 e. The van der Waals surface area contributed by atoms with Gasteiger partial charge in [-0.1, -0.05) is 72.8 Å². The summed E-state index contributed by atoms with van der Waals surface area (Å²) in [6, 6.07) is 62.6. The number of fused-ring (bicyclic) bond motifs is 4. The predicted octanol–water partition coefficient (Wildman–Crippen LogP) is 13.9. The average molecular weight is 739 g/mol. The molecular formula is C49H30N4O2S. The monoisotopic (exact) mass is 738 g/mol. The molecule has 264 valence electrons. The number of thiazole rings is 1. The zero-order chi connectivity index (χ0) is 37.0. The highest BCUT2D eigenvalue weighted by Gasteiger charge is 2.17. The van der Waals surface area contributed by atoms with Crippen molar-refractivity contribution in [3.63, 3.8) is 0 Å². The number of nitrogens with zero attached hydrogens (tertiary/aromatic N) is 4. The number of rotatable bonds is 7. The van der Waals surface area contributed by atoms with Gasteiger partial charge in [-0.05, 0) is 131 Å². The predicted molar refractivity (Wildman–Crippen MR) is 229 cm³/mol. The summed E-state index contributed by atoms with van der Waals surface area (Å²) in [7, 11) is 0. The lowest BCUT2D eigenvalue weighted by atomic mass is 10.0. The fraction of sp³-hybridized carbons (Fsp3) is 0. The summed E-state index contributed by atoms with van der Waals surface area (Å²) in [6.45, 7) is 0. The molecule has 0 saturated carbocycles. The van der Waals surface area contributed by atoms with E-state index < -0.39 is 0 Å². The van der Waals surface area contributed by atoms with E-state index in [0.29, 0.717) is 11.8 Å². The van der Waals surface area contributed by atoms with Gasteiger partial charge in [0.2, 0.25) is 11.8 Å². The number of benzene rings is 8. The molecule has 0 aliphatic carbocycles. The van der Waals surface area contributed by atoms with E-state index in [1.165, 1.54) is 10.1 Å². The van der Waals surface area contributed by atoms with Crippen LogP contribution in [0, 0.1) is 0 Å². The number of oxazole rings is 2. The van der Waals surface area contributed by atoms with Gasteiger partial charge in [-0.25, -0.2) is 15.0 Å². The third-order valence-corrected chi connectivity index (χ3v) is 11.3.